The van der Waals surface area contributed by atoms with Gasteiger partial charge in [-0.3, -0.25) is 12.2 Å². The van der Waals surface area contributed by atoms with Gasteiger partial charge in [0, 0.05) is 0 Å². The van der Waals surface area contributed by atoms with Crippen molar-refractivity contribution >= 4 is 15.4 Å². The second-order valence-electron chi connectivity index (χ2n) is 4.76. The van der Waals surface area contributed by atoms with Gasteiger partial charge in [-0.2, -0.15) is 17.2 Å². The molecule has 2 aliphatic rings. The van der Waals surface area contributed by atoms with Gasteiger partial charge >= 0.3 is 66.0 Å². The van der Waals surface area contributed by atoms with E-state index in [1.165, 1.54) is 27.2 Å². The number of allylic oxidation sites excluding steroid dienone is 8. The van der Waals surface area contributed by atoms with Crippen LogP contribution in [-0.2, 0) is 26.2 Å². The van der Waals surface area contributed by atoms with E-state index in [2.05, 4.69) is 59.8 Å². The molecule has 0 aromatic rings. The van der Waals surface area contributed by atoms with Crippen molar-refractivity contribution in [3.8, 4) is 0 Å². The summed E-state index contributed by atoms with van der Waals surface area (Å²) >= 11 is 0.528. The zero-order chi connectivity index (χ0) is 14.7. The molecule has 0 amide bonds. The summed E-state index contributed by atoms with van der Waals surface area (Å²) in [7, 11) is 0. The van der Waals surface area contributed by atoms with Crippen LogP contribution in [0.2, 0.25) is 10.5 Å². The molecule has 0 bridgehead atoms. The molecule has 2 radical (unpaired) electrons. The summed E-state index contributed by atoms with van der Waals surface area (Å²) in [6, 6.07) is 0. The molecule has 2 rings (SSSR count). The predicted molar refractivity (Wildman–Crippen MR) is 88.3 cm³/mol. The number of rotatable bonds is 2. The van der Waals surface area contributed by atoms with Crippen LogP contribution in [-0.4, -0.2) is 15.4 Å². The molecule has 0 fully saturated rings. The molecule has 1 atom stereocenters. The molecule has 22 heavy (non-hydrogen) atoms. The molecule has 2 aliphatic carbocycles. The third kappa shape index (κ3) is 14.6. The van der Waals surface area contributed by atoms with Crippen molar-refractivity contribution in [1.29, 1.82) is 0 Å². The largest absolute Gasteiger partial charge is 4.00 e. The van der Waals surface area contributed by atoms with E-state index in [4.69, 9.17) is 0 Å². The fraction of sp³-hybridized carbons (Fsp3) is 0.556. The quantitative estimate of drug-likeness (QED) is 0.374. The second-order valence-corrected chi connectivity index (χ2v) is 8.78. The van der Waals surface area contributed by atoms with Crippen molar-refractivity contribution in [1.82, 2.24) is 0 Å². The van der Waals surface area contributed by atoms with Crippen LogP contribution in [0.25, 0.3) is 0 Å². The first-order valence-corrected chi connectivity index (χ1v) is 10.2. The molecule has 0 saturated heterocycles. The summed E-state index contributed by atoms with van der Waals surface area (Å²) in [6.45, 7) is 13.2. The van der Waals surface area contributed by atoms with Gasteiger partial charge in [-0.25, -0.2) is 17.7 Å². The molecule has 0 aliphatic heterocycles. The number of hydrogen-bond acceptors (Lipinski definition) is 0. The normalized spacial score (nSPS) is 17.0. The average molecular weight is 479 g/mol. The van der Waals surface area contributed by atoms with Crippen molar-refractivity contribution in [3.63, 3.8) is 0 Å². The Labute approximate surface area is 176 Å². The van der Waals surface area contributed by atoms with Crippen LogP contribution >= 0.6 is 0 Å². The van der Waals surface area contributed by atoms with Gasteiger partial charge < -0.3 is 24.8 Å². The Bertz CT molecular complexity index is 359. The number of hydrogen-bond donors (Lipinski definition) is 0. The average Bonchev–Trinajstić information content (AvgIpc) is 3.02. The maximum atomic E-state index is 3.36. The van der Waals surface area contributed by atoms with E-state index in [-0.39, 0.29) is 51.0 Å². The Kier molecular flexibility index (Phi) is 28.0. The predicted octanol–water partition coefficient (Wildman–Crippen LogP) is -0.400. The Morgan fingerprint density at radius 1 is 1.14 bits per heavy atom. The van der Waals surface area contributed by atoms with E-state index in [9.17, 15) is 0 Å². The Hall–Kier alpha value is 0.966. The summed E-state index contributed by atoms with van der Waals surface area (Å²) in [6.07, 6.45) is 13.4. The van der Waals surface area contributed by atoms with E-state index in [0.717, 1.165) is 6.42 Å². The summed E-state index contributed by atoms with van der Waals surface area (Å²) in [5, 5.41) is 2.94. The standard InChI is InChI=1S/C9H13.C5H5.C4H10Ge.2ClH.Zr/c1-6-5-7(2)9(4)8(6)3;1-2-4-5-3-1;1-3-5-4-2;;;/h6H,1-4H3;1-3H,4H2;3-4H2,1-2H3;2*1H;/q2*-1;;;;+4/p-2. The van der Waals surface area contributed by atoms with E-state index in [1.807, 2.05) is 12.2 Å². The first-order chi connectivity index (χ1) is 9.04. The van der Waals surface area contributed by atoms with Gasteiger partial charge in [0.15, 0.2) is 0 Å². The van der Waals surface area contributed by atoms with Crippen LogP contribution in [0.3, 0.4) is 0 Å². The Balaban J connectivity index is -0.000000110. The van der Waals surface area contributed by atoms with Crippen LogP contribution in [0.15, 0.2) is 34.9 Å². The summed E-state index contributed by atoms with van der Waals surface area (Å²) in [5.41, 5.74) is 4.25. The van der Waals surface area contributed by atoms with Crippen molar-refractivity contribution in [2.24, 2.45) is 5.92 Å². The van der Waals surface area contributed by atoms with E-state index in [0.29, 0.717) is 21.3 Å². The Morgan fingerprint density at radius 2 is 1.68 bits per heavy atom. The van der Waals surface area contributed by atoms with Crippen molar-refractivity contribution in [3.05, 3.63) is 47.1 Å². The first-order valence-electron chi connectivity index (χ1n) is 7.24. The zero-order valence-corrected chi connectivity index (χ0v) is 20.8. The van der Waals surface area contributed by atoms with Crippen LogP contribution in [0, 0.1) is 18.1 Å². The first kappa shape index (κ1) is 30.8. The van der Waals surface area contributed by atoms with Crippen LogP contribution in [0.1, 0.15) is 48.0 Å². The molecule has 0 spiro atoms. The molecular formula is C18H28Cl2GeZr. The SMILES string of the molecule is CC1=[C-]C(C)C(C)=C1C.C[CH2][Ge][CH2]C.[C-]1=CC=CC1.[Cl-].[Cl-].[Zr+4]. The molecule has 0 saturated carbocycles. The molecule has 0 N–H and O–H groups in total. The van der Waals surface area contributed by atoms with Crippen LogP contribution in [0.5, 0.6) is 0 Å². The summed E-state index contributed by atoms with van der Waals surface area (Å²) in [4.78, 5) is 0. The van der Waals surface area contributed by atoms with Gasteiger partial charge in [0.25, 0.3) is 0 Å². The second kappa shape index (κ2) is 20.0. The summed E-state index contributed by atoms with van der Waals surface area (Å²) < 4.78 is 0. The molecule has 0 aromatic heterocycles. The fourth-order valence-electron chi connectivity index (χ4n) is 1.75. The minimum absolute atomic E-state index is 0. The van der Waals surface area contributed by atoms with Gasteiger partial charge in [0.2, 0.25) is 0 Å². The van der Waals surface area contributed by atoms with Gasteiger partial charge in [0.05, 0.1) is 0 Å². The topological polar surface area (TPSA) is 0 Å². The molecule has 0 nitrogen and oxygen atoms in total. The van der Waals surface area contributed by atoms with E-state index >= 15 is 0 Å². The third-order valence-corrected chi connectivity index (χ3v) is 5.42. The van der Waals surface area contributed by atoms with Crippen molar-refractivity contribution in [2.45, 2.75) is 58.5 Å². The fourth-order valence-corrected chi connectivity index (χ4v) is 2.80. The molecule has 1 unspecified atom stereocenters. The molecule has 4 heteroatoms. The van der Waals surface area contributed by atoms with Crippen molar-refractivity contribution < 1.29 is 51.0 Å². The minimum Gasteiger partial charge on any atom is -1.00 e. The van der Waals surface area contributed by atoms with E-state index < -0.39 is 0 Å². The molecular weight excluding hydrogens is 451 g/mol. The molecule has 122 valence electrons. The molecule has 0 aromatic carbocycles. The zero-order valence-electron chi connectivity index (χ0n) is 14.7. The third-order valence-electron chi connectivity index (χ3n) is 3.32. The van der Waals surface area contributed by atoms with Crippen LogP contribution in [0.4, 0.5) is 0 Å². The van der Waals surface area contributed by atoms with Gasteiger partial charge in [0.1, 0.15) is 0 Å². The Morgan fingerprint density at radius 3 is 1.77 bits per heavy atom. The van der Waals surface area contributed by atoms with Gasteiger partial charge in [-0.05, 0) is 0 Å². The van der Waals surface area contributed by atoms with Crippen LogP contribution < -0.4 is 24.8 Å². The van der Waals surface area contributed by atoms with Crippen molar-refractivity contribution in [2.75, 3.05) is 0 Å². The molecule has 0 heterocycles. The van der Waals surface area contributed by atoms with Gasteiger partial charge in [-0.1, -0.05) is 26.7 Å². The summed E-state index contributed by atoms with van der Waals surface area (Å²) in [5.74, 6) is 0.560. The van der Waals surface area contributed by atoms with E-state index in [1.54, 1.807) is 0 Å². The maximum Gasteiger partial charge on any atom is 4.00 e. The maximum absolute atomic E-state index is 3.36. The number of halogens is 2. The monoisotopic (exact) mass is 478 g/mol. The smallest absolute Gasteiger partial charge is 1.00 e. The minimum atomic E-state index is 0. The van der Waals surface area contributed by atoms with Gasteiger partial charge in [-0.15, -0.1) is 13.3 Å².